The summed E-state index contributed by atoms with van der Waals surface area (Å²) in [5.41, 5.74) is 0.903. The molecule has 0 spiro atoms. The summed E-state index contributed by atoms with van der Waals surface area (Å²) in [5, 5.41) is 2.96. The van der Waals surface area contributed by atoms with Crippen molar-refractivity contribution < 1.29 is 4.74 Å². The molecule has 1 N–H and O–H groups in total. The molecule has 1 heterocycles. The lowest BCUT2D eigenvalue weighted by Gasteiger charge is -2.31. The van der Waals surface area contributed by atoms with E-state index in [0.717, 1.165) is 23.3 Å². The van der Waals surface area contributed by atoms with Gasteiger partial charge in [-0.25, -0.2) is 4.98 Å². The minimum Gasteiger partial charge on any atom is -0.372 e. The second kappa shape index (κ2) is 6.14. The third kappa shape index (κ3) is 3.67. The van der Waals surface area contributed by atoms with Gasteiger partial charge in [0.25, 0.3) is 0 Å². The van der Waals surface area contributed by atoms with Crippen LogP contribution in [0.3, 0.4) is 0 Å². The fourth-order valence-corrected chi connectivity index (χ4v) is 2.77. The van der Waals surface area contributed by atoms with E-state index in [2.05, 4.69) is 29.1 Å². The van der Waals surface area contributed by atoms with E-state index in [1.54, 1.807) is 12.4 Å². The second-order valence-corrected chi connectivity index (χ2v) is 5.49. The molecule has 0 bridgehead atoms. The van der Waals surface area contributed by atoms with Crippen LogP contribution >= 0.6 is 0 Å². The molecule has 4 nitrogen and oxygen atoms in total. The Kier molecular flexibility index (Phi) is 4.53. The van der Waals surface area contributed by atoms with Crippen molar-refractivity contribution in [3.8, 4) is 0 Å². The summed E-state index contributed by atoms with van der Waals surface area (Å²) in [6.07, 6.45) is 7.58. The number of aromatic nitrogens is 2. The zero-order valence-electron chi connectivity index (χ0n) is 11.5. The SMILES string of the molecule is CNc1cnc(COC2CC(C)CC(C)C2)cn1. The number of ether oxygens (including phenoxy) is 1. The van der Waals surface area contributed by atoms with Gasteiger partial charge in [-0.3, -0.25) is 4.98 Å². The highest BCUT2D eigenvalue weighted by Crippen LogP contribution is 2.30. The third-order valence-electron chi connectivity index (χ3n) is 3.56. The number of nitrogens with zero attached hydrogens (tertiary/aromatic N) is 2. The van der Waals surface area contributed by atoms with Crippen molar-refractivity contribution in [1.29, 1.82) is 0 Å². The molecule has 0 aromatic carbocycles. The van der Waals surface area contributed by atoms with Gasteiger partial charge < -0.3 is 10.1 Å². The van der Waals surface area contributed by atoms with Crippen molar-refractivity contribution in [3.05, 3.63) is 18.1 Å². The Labute approximate surface area is 109 Å². The van der Waals surface area contributed by atoms with E-state index in [0.29, 0.717) is 12.7 Å². The van der Waals surface area contributed by atoms with Gasteiger partial charge in [0.15, 0.2) is 0 Å². The van der Waals surface area contributed by atoms with E-state index in [9.17, 15) is 0 Å². The molecular weight excluding hydrogens is 226 g/mol. The average Bonchev–Trinajstić information content (AvgIpc) is 2.36. The Balaban J connectivity index is 1.83. The van der Waals surface area contributed by atoms with E-state index >= 15 is 0 Å². The summed E-state index contributed by atoms with van der Waals surface area (Å²) in [6, 6.07) is 0. The molecule has 0 aliphatic heterocycles. The number of anilines is 1. The highest BCUT2D eigenvalue weighted by molar-refractivity contribution is 5.29. The monoisotopic (exact) mass is 249 g/mol. The van der Waals surface area contributed by atoms with Crippen LogP contribution in [-0.4, -0.2) is 23.1 Å². The summed E-state index contributed by atoms with van der Waals surface area (Å²) in [4.78, 5) is 8.56. The van der Waals surface area contributed by atoms with E-state index in [1.807, 2.05) is 7.05 Å². The first-order chi connectivity index (χ1) is 8.67. The molecule has 1 aliphatic carbocycles. The number of nitrogens with one attached hydrogen (secondary N) is 1. The molecular formula is C14H23N3O. The lowest BCUT2D eigenvalue weighted by atomic mass is 9.82. The Hall–Kier alpha value is -1.16. The highest BCUT2D eigenvalue weighted by Gasteiger charge is 2.24. The van der Waals surface area contributed by atoms with Crippen molar-refractivity contribution in [2.24, 2.45) is 11.8 Å². The van der Waals surface area contributed by atoms with E-state index in [1.165, 1.54) is 19.3 Å². The lowest BCUT2D eigenvalue weighted by Crippen LogP contribution is -2.26. The molecule has 0 amide bonds. The van der Waals surface area contributed by atoms with Gasteiger partial charge in [-0.05, 0) is 31.1 Å². The van der Waals surface area contributed by atoms with Crippen molar-refractivity contribution in [2.75, 3.05) is 12.4 Å². The molecule has 2 rings (SSSR count). The van der Waals surface area contributed by atoms with Crippen LogP contribution in [0.1, 0.15) is 38.8 Å². The fourth-order valence-electron chi connectivity index (χ4n) is 2.77. The van der Waals surface area contributed by atoms with Gasteiger partial charge in [0.1, 0.15) is 5.82 Å². The zero-order valence-corrected chi connectivity index (χ0v) is 11.5. The predicted octanol–water partition coefficient (Wildman–Crippen LogP) is 2.86. The molecule has 100 valence electrons. The van der Waals surface area contributed by atoms with E-state index < -0.39 is 0 Å². The van der Waals surface area contributed by atoms with Gasteiger partial charge in [0.2, 0.25) is 0 Å². The van der Waals surface area contributed by atoms with Crippen LogP contribution in [0.15, 0.2) is 12.4 Å². The molecule has 2 unspecified atom stereocenters. The van der Waals surface area contributed by atoms with Crippen molar-refractivity contribution in [3.63, 3.8) is 0 Å². The molecule has 1 aliphatic rings. The lowest BCUT2D eigenvalue weighted by molar-refractivity contribution is -0.0106. The van der Waals surface area contributed by atoms with Gasteiger partial charge >= 0.3 is 0 Å². The Bertz CT molecular complexity index is 356. The second-order valence-electron chi connectivity index (χ2n) is 5.49. The van der Waals surface area contributed by atoms with Crippen LogP contribution in [-0.2, 0) is 11.3 Å². The number of rotatable bonds is 4. The summed E-state index contributed by atoms with van der Waals surface area (Å²) in [6.45, 7) is 5.20. The summed E-state index contributed by atoms with van der Waals surface area (Å²) >= 11 is 0. The summed E-state index contributed by atoms with van der Waals surface area (Å²) < 4.78 is 5.96. The quantitative estimate of drug-likeness (QED) is 0.891. The summed E-state index contributed by atoms with van der Waals surface area (Å²) in [7, 11) is 1.84. The molecule has 4 heteroatoms. The van der Waals surface area contributed by atoms with Crippen LogP contribution in [0.4, 0.5) is 5.82 Å². The maximum absolute atomic E-state index is 5.96. The molecule has 2 atom stereocenters. The Morgan fingerprint density at radius 3 is 2.44 bits per heavy atom. The molecule has 18 heavy (non-hydrogen) atoms. The van der Waals surface area contributed by atoms with Crippen LogP contribution < -0.4 is 5.32 Å². The highest BCUT2D eigenvalue weighted by atomic mass is 16.5. The Morgan fingerprint density at radius 2 is 1.89 bits per heavy atom. The first-order valence-electron chi connectivity index (χ1n) is 6.77. The van der Waals surface area contributed by atoms with Gasteiger partial charge in [-0.1, -0.05) is 13.8 Å². The molecule has 0 saturated heterocycles. The molecule has 1 aromatic rings. The average molecular weight is 249 g/mol. The van der Waals surface area contributed by atoms with Gasteiger partial charge in [0.05, 0.1) is 30.8 Å². The molecule has 1 fully saturated rings. The van der Waals surface area contributed by atoms with Crippen molar-refractivity contribution >= 4 is 5.82 Å². The van der Waals surface area contributed by atoms with Gasteiger partial charge in [0, 0.05) is 7.05 Å². The van der Waals surface area contributed by atoms with Gasteiger partial charge in [-0.2, -0.15) is 0 Å². The van der Waals surface area contributed by atoms with E-state index in [-0.39, 0.29) is 0 Å². The van der Waals surface area contributed by atoms with Crippen LogP contribution in [0.25, 0.3) is 0 Å². The topological polar surface area (TPSA) is 47.0 Å². The molecule has 1 aromatic heterocycles. The predicted molar refractivity (Wildman–Crippen MR) is 72.3 cm³/mol. The zero-order chi connectivity index (χ0) is 13.0. The largest absolute Gasteiger partial charge is 0.372 e. The smallest absolute Gasteiger partial charge is 0.144 e. The Morgan fingerprint density at radius 1 is 1.17 bits per heavy atom. The van der Waals surface area contributed by atoms with Crippen LogP contribution in [0.2, 0.25) is 0 Å². The first kappa shape index (κ1) is 13.3. The molecule has 0 radical (unpaired) electrons. The van der Waals surface area contributed by atoms with Crippen LogP contribution in [0, 0.1) is 11.8 Å². The van der Waals surface area contributed by atoms with Crippen molar-refractivity contribution in [1.82, 2.24) is 9.97 Å². The maximum Gasteiger partial charge on any atom is 0.144 e. The van der Waals surface area contributed by atoms with Crippen molar-refractivity contribution in [2.45, 2.75) is 45.8 Å². The fraction of sp³-hybridized carbons (Fsp3) is 0.714. The first-order valence-corrected chi connectivity index (χ1v) is 6.77. The normalized spacial score (nSPS) is 28.1. The third-order valence-corrected chi connectivity index (χ3v) is 3.56. The number of hydrogen-bond donors (Lipinski definition) is 1. The summed E-state index contributed by atoms with van der Waals surface area (Å²) in [5.74, 6) is 2.34. The maximum atomic E-state index is 5.96. The standard InChI is InChI=1S/C14H23N3O/c1-10-4-11(2)6-13(5-10)18-9-12-7-17-14(15-3)8-16-12/h7-8,10-11,13H,4-6,9H2,1-3H3,(H,15,17). The minimum atomic E-state index is 0.384. The van der Waals surface area contributed by atoms with Gasteiger partial charge in [-0.15, -0.1) is 0 Å². The van der Waals surface area contributed by atoms with Crippen LogP contribution in [0.5, 0.6) is 0 Å². The molecule has 1 saturated carbocycles. The van der Waals surface area contributed by atoms with E-state index in [4.69, 9.17) is 4.74 Å². The minimum absolute atomic E-state index is 0.384. The number of hydrogen-bond acceptors (Lipinski definition) is 4.